The summed E-state index contributed by atoms with van der Waals surface area (Å²) in [7, 11) is 0. The molecule has 7 heteroatoms. The molecule has 0 saturated carbocycles. The van der Waals surface area contributed by atoms with Gasteiger partial charge in [0, 0.05) is 43.9 Å². The summed E-state index contributed by atoms with van der Waals surface area (Å²) >= 11 is 1.72. The van der Waals surface area contributed by atoms with Crippen molar-refractivity contribution in [2.45, 2.75) is 0 Å². The number of aromatic nitrogens is 6. The summed E-state index contributed by atoms with van der Waals surface area (Å²) in [5.74, 6) is 1.77. The molecule has 12 rings (SSSR count). The minimum atomic E-state index is 0.554. The number of thiazole rings is 1. The van der Waals surface area contributed by atoms with E-state index < -0.39 is 0 Å². The van der Waals surface area contributed by atoms with Crippen molar-refractivity contribution in [3.8, 4) is 56.1 Å². The van der Waals surface area contributed by atoms with Crippen LogP contribution < -0.4 is 0 Å². The van der Waals surface area contributed by atoms with Gasteiger partial charge in [0.2, 0.25) is 5.95 Å². The molecule has 0 bridgehead atoms. The summed E-state index contributed by atoms with van der Waals surface area (Å²) in [6, 6.07) is 67.9. The minimum Gasteiger partial charge on any atom is -0.307 e. The number of benzene rings is 8. The molecule has 6 nitrogen and oxygen atoms in total. The predicted octanol–water partition coefficient (Wildman–Crippen LogP) is 13.3. The standard InChI is InChI=1S/C52H32N6S/c1-3-15-33(16-4-1)37-19-7-8-22-42(37)50-54-49(34-17-5-2-6-18-34)55-52(56-50)58-45-25-13-10-21-39(45)41-32-31-40-38-20-9-12-24-44(38)57(47(40)48(41)58)36-29-27-35(28-30-36)51-53-43-23-11-14-26-46(43)59-51/h1-32H. The van der Waals surface area contributed by atoms with Gasteiger partial charge in [-0.3, -0.25) is 4.57 Å². The van der Waals surface area contributed by atoms with Crippen LogP contribution in [0.2, 0.25) is 0 Å². The van der Waals surface area contributed by atoms with Gasteiger partial charge in [-0.25, -0.2) is 9.97 Å². The van der Waals surface area contributed by atoms with E-state index in [4.69, 9.17) is 19.9 Å². The first-order valence-corrected chi connectivity index (χ1v) is 20.5. The molecule has 8 aromatic carbocycles. The lowest BCUT2D eigenvalue weighted by Gasteiger charge is -2.14. The van der Waals surface area contributed by atoms with Crippen LogP contribution in [0.1, 0.15) is 0 Å². The monoisotopic (exact) mass is 772 g/mol. The molecule has 0 aliphatic rings. The minimum absolute atomic E-state index is 0.554. The summed E-state index contributed by atoms with van der Waals surface area (Å²) in [5.41, 5.74) is 11.4. The van der Waals surface area contributed by atoms with Crippen molar-refractivity contribution < 1.29 is 0 Å². The van der Waals surface area contributed by atoms with Gasteiger partial charge in [0.1, 0.15) is 5.01 Å². The van der Waals surface area contributed by atoms with Crippen molar-refractivity contribution in [2.75, 3.05) is 0 Å². The maximum Gasteiger partial charge on any atom is 0.238 e. The highest BCUT2D eigenvalue weighted by atomic mass is 32.1. The van der Waals surface area contributed by atoms with Crippen LogP contribution in [-0.2, 0) is 0 Å². The fourth-order valence-electron chi connectivity index (χ4n) is 8.57. The molecule has 0 spiro atoms. The topological polar surface area (TPSA) is 61.4 Å². The van der Waals surface area contributed by atoms with E-state index in [1.54, 1.807) is 11.3 Å². The average molecular weight is 773 g/mol. The quantitative estimate of drug-likeness (QED) is 0.169. The summed E-state index contributed by atoms with van der Waals surface area (Å²) in [6.45, 7) is 0. The lowest BCUT2D eigenvalue weighted by Crippen LogP contribution is -2.07. The van der Waals surface area contributed by atoms with Gasteiger partial charge < -0.3 is 4.57 Å². The molecule has 4 heterocycles. The Balaban J connectivity index is 1.15. The largest absolute Gasteiger partial charge is 0.307 e. The van der Waals surface area contributed by atoms with Crippen LogP contribution in [0.15, 0.2) is 194 Å². The number of hydrogen-bond acceptors (Lipinski definition) is 5. The summed E-state index contributed by atoms with van der Waals surface area (Å²) in [4.78, 5) is 20.9. The second-order valence-electron chi connectivity index (χ2n) is 14.7. The maximum atomic E-state index is 5.41. The third kappa shape index (κ3) is 5.40. The van der Waals surface area contributed by atoms with E-state index in [-0.39, 0.29) is 0 Å². The van der Waals surface area contributed by atoms with Gasteiger partial charge in [-0.15, -0.1) is 11.3 Å². The summed E-state index contributed by atoms with van der Waals surface area (Å²) in [6.07, 6.45) is 0. The molecule has 0 N–H and O–H groups in total. The van der Waals surface area contributed by atoms with E-state index in [0.717, 1.165) is 82.3 Å². The Kier molecular flexibility index (Phi) is 7.61. The van der Waals surface area contributed by atoms with Crippen LogP contribution in [0.5, 0.6) is 0 Å². The average Bonchev–Trinajstić information content (AvgIpc) is 4.00. The Bertz CT molecular complexity index is 3510. The molecule has 59 heavy (non-hydrogen) atoms. The zero-order valence-corrected chi connectivity index (χ0v) is 32.4. The number of nitrogens with zero attached hydrogens (tertiary/aromatic N) is 6. The van der Waals surface area contributed by atoms with E-state index in [1.807, 2.05) is 30.3 Å². The Morgan fingerprint density at radius 2 is 0.915 bits per heavy atom. The van der Waals surface area contributed by atoms with E-state index in [1.165, 1.54) is 10.1 Å². The molecule has 12 aromatic rings. The molecule has 0 aliphatic heterocycles. The van der Waals surface area contributed by atoms with Gasteiger partial charge in [-0.2, -0.15) is 9.97 Å². The molecule has 0 amide bonds. The summed E-state index contributed by atoms with van der Waals surface area (Å²) < 4.78 is 5.83. The fourth-order valence-corrected chi connectivity index (χ4v) is 9.55. The van der Waals surface area contributed by atoms with E-state index in [0.29, 0.717) is 17.6 Å². The lowest BCUT2D eigenvalue weighted by atomic mass is 9.99. The van der Waals surface area contributed by atoms with E-state index in [9.17, 15) is 0 Å². The van der Waals surface area contributed by atoms with Crippen LogP contribution in [0.3, 0.4) is 0 Å². The van der Waals surface area contributed by atoms with Gasteiger partial charge in [0.15, 0.2) is 11.6 Å². The molecule has 0 aliphatic carbocycles. The molecular weight excluding hydrogens is 741 g/mol. The first-order valence-electron chi connectivity index (χ1n) is 19.7. The van der Waals surface area contributed by atoms with Crippen molar-refractivity contribution in [1.82, 2.24) is 29.1 Å². The van der Waals surface area contributed by atoms with Crippen molar-refractivity contribution in [3.05, 3.63) is 194 Å². The van der Waals surface area contributed by atoms with Crippen molar-refractivity contribution >= 4 is 65.2 Å². The van der Waals surface area contributed by atoms with Crippen molar-refractivity contribution in [2.24, 2.45) is 0 Å². The third-order valence-electron chi connectivity index (χ3n) is 11.2. The highest BCUT2D eigenvalue weighted by Crippen LogP contribution is 2.42. The zero-order valence-electron chi connectivity index (χ0n) is 31.6. The molecule has 276 valence electrons. The number of hydrogen-bond donors (Lipinski definition) is 0. The molecule has 0 radical (unpaired) electrons. The predicted molar refractivity (Wildman–Crippen MR) is 243 cm³/mol. The van der Waals surface area contributed by atoms with Crippen molar-refractivity contribution in [1.29, 1.82) is 0 Å². The highest BCUT2D eigenvalue weighted by Gasteiger charge is 2.24. The van der Waals surface area contributed by atoms with Gasteiger partial charge in [-0.1, -0.05) is 146 Å². The second-order valence-corrected chi connectivity index (χ2v) is 15.7. The molecular formula is C52H32N6S. The van der Waals surface area contributed by atoms with Crippen LogP contribution in [-0.4, -0.2) is 29.1 Å². The molecule has 0 unspecified atom stereocenters. The first-order chi connectivity index (χ1) is 29.3. The van der Waals surface area contributed by atoms with Crippen LogP contribution >= 0.6 is 11.3 Å². The highest BCUT2D eigenvalue weighted by molar-refractivity contribution is 7.21. The Morgan fingerprint density at radius 3 is 1.63 bits per heavy atom. The molecule has 4 aromatic heterocycles. The SMILES string of the molecule is c1ccc(-c2nc(-c3ccccc3-c3ccccc3)nc(-n3c4ccccc4c4ccc5c6ccccc6n(-c6ccc(-c7nc8ccccc8s7)cc6)c5c43)n2)cc1. The van der Waals surface area contributed by atoms with Crippen LogP contribution in [0.4, 0.5) is 0 Å². The maximum absolute atomic E-state index is 5.41. The van der Waals surface area contributed by atoms with Gasteiger partial charge in [-0.05, 0) is 59.7 Å². The van der Waals surface area contributed by atoms with Crippen molar-refractivity contribution in [3.63, 3.8) is 0 Å². The Morgan fingerprint density at radius 1 is 0.356 bits per heavy atom. The second kappa shape index (κ2) is 13.4. The normalized spacial score (nSPS) is 11.7. The number of para-hydroxylation sites is 3. The van der Waals surface area contributed by atoms with Crippen LogP contribution in [0.25, 0.3) is 110 Å². The lowest BCUT2D eigenvalue weighted by molar-refractivity contribution is 0.953. The fraction of sp³-hybridized carbons (Fsp3) is 0. The van der Waals surface area contributed by atoms with E-state index >= 15 is 0 Å². The van der Waals surface area contributed by atoms with E-state index in [2.05, 4.69) is 173 Å². The van der Waals surface area contributed by atoms with Gasteiger partial charge in [0.05, 0.1) is 32.3 Å². The number of rotatable bonds is 6. The molecule has 0 saturated heterocycles. The number of fused-ring (bicyclic) bond motifs is 8. The zero-order chi connectivity index (χ0) is 38.9. The molecule has 0 atom stereocenters. The van der Waals surface area contributed by atoms with Gasteiger partial charge in [0.25, 0.3) is 0 Å². The van der Waals surface area contributed by atoms with Crippen LogP contribution in [0, 0.1) is 0 Å². The third-order valence-corrected chi connectivity index (χ3v) is 12.3. The Hall–Kier alpha value is -7.74. The van der Waals surface area contributed by atoms with Gasteiger partial charge >= 0.3 is 0 Å². The Labute approximate surface area is 343 Å². The first kappa shape index (κ1) is 33.4. The molecule has 0 fully saturated rings. The summed E-state index contributed by atoms with van der Waals surface area (Å²) in [5, 5.41) is 5.58. The smallest absolute Gasteiger partial charge is 0.238 e.